The molecule has 0 unspecified atom stereocenters. The van der Waals surface area contributed by atoms with Gasteiger partial charge in [0, 0.05) is 23.5 Å². The summed E-state index contributed by atoms with van der Waals surface area (Å²) in [4.78, 5) is 14.8. The molecule has 1 aliphatic heterocycles. The van der Waals surface area contributed by atoms with Crippen molar-refractivity contribution in [3.63, 3.8) is 0 Å². The second kappa shape index (κ2) is 9.19. The minimum Gasteiger partial charge on any atom is -0.460 e. The Hall–Kier alpha value is -2.41. The van der Waals surface area contributed by atoms with E-state index in [1.165, 1.54) is 0 Å². The average Bonchev–Trinajstić information content (AvgIpc) is 2.69. The maximum absolute atomic E-state index is 12.9. The fourth-order valence-electron chi connectivity index (χ4n) is 3.10. The van der Waals surface area contributed by atoms with Gasteiger partial charge in [-0.05, 0) is 49.0 Å². The highest BCUT2D eigenvalue weighted by Gasteiger charge is 2.35. The van der Waals surface area contributed by atoms with Crippen LogP contribution in [-0.4, -0.2) is 31.4 Å². The van der Waals surface area contributed by atoms with Crippen molar-refractivity contribution in [3.8, 4) is 0 Å². The molecule has 0 bridgehead atoms. The van der Waals surface area contributed by atoms with Gasteiger partial charge in [0.2, 0.25) is 0 Å². The van der Waals surface area contributed by atoms with Crippen LogP contribution < -0.4 is 10.2 Å². The van der Waals surface area contributed by atoms with Gasteiger partial charge < -0.3 is 14.8 Å². The molecule has 0 fully saturated rings. The number of ether oxygens (including phenoxy) is 2. The zero-order valence-corrected chi connectivity index (χ0v) is 17.2. The molecule has 2 aromatic carbocycles. The zero-order chi connectivity index (χ0) is 20.1. The van der Waals surface area contributed by atoms with Crippen molar-refractivity contribution in [2.45, 2.75) is 13.0 Å². The third kappa shape index (κ3) is 4.35. The Morgan fingerprint density at radius 1 is 1.14 bits per heavy atom. The minimum atomic E-state index is -0.431. The maximum Gasteiger partial charge on any atom is 0.338 e. The van der Waals surface area contributed by atoms with Crippen molar-refractivity contribution in [2.24, 2.45) is 0 Å². The number of benzene rings is 2. The Bertz CT molecular complexity index is 884. The van der Waals surface area contributed by atoms with Crippen molar-refractivity contribution in [1.82, 2.24) is 5.32 Å². The van der Waals surface area contributed by atoms with Crippen LogP contribution in [0.15, 0.2) is 65.9 Å². The molecule has 0 aliphatic carbocycles. The van der Waals surface area contributed by atoms with Gasteiger partial charge in [-0.3, -0.25) is 4.90 Å². The summed E-state index contributed by atoms with van der Waals surface area (Å²) < 4.78 is 10.4. The highest BCUT2D eigenvalue weighted by Crippen LogP contribution is 2.34. The minimum absolute atomic E-state index is 0.176. The van der Waals surface area contributed by atoms with Gasteiger partial charge in [-0.25, -0.2) is 4.79 Å². The predicted molar refractivity (Wildman–Crippen MR) is 114 cm³/mol. The number of carbonyl (C=O) groups is 1. The Balaban J connectivity index is 2.04. The monoisotopic (exact) mass is 416 g/mol. The fourth-order valence-corrected chi connectivity index (χ4v) is 3.58. The van der Waals surface area contributed by atoms with Gasteiger partial charge in [0.1, 0.15) is 6.61 Å². The van der Waals surface area contributed by atoms with E-state index >= 15 is 0 Å². The first-order valence-corrected chi connectivity index (χ1v) is 9.59. The quantitative estimate of drug-likeness (QED) is 0.432. The largest absolute Gasteiger partial charge is 0.460 e. The number of nitrogens with zero attached hydrogens (tertiary/aromatic N) is 1. The first-order chi connectivity index (χ1) is 13.5. The molecule has 1 N–H and O–H groups in total. The second-order valence-corrected chi connectivity index (χ2v) is 7.06. The number of para-hydroxylation sites is 1. The van der Waals surface area contributed by atoms with Crippen molar-refractivity contribution < 1.29 is 14.3 Å². The molecule has 0 radical (unpaired) electrons. The molecule has 0 saturated carbocycles. The number of rotatable bonds is 6. The first-order valence-electron chi connectivity index (χ1n) is 8.81. The van der Waals surface area contributed by atoms with Gasteiger partial charge in [-0.15, -0.1) is 0 Å². The molecule has 1 aliphatic rings. The highest BCUT2D eigenvalue weighted by molar-refractivity contribution is 7.80. The SMILES string of the molecule is COCCOC(=O)C1=C(C)N(c2ccccc2)C(=S)N[C@@H]1c1ccc(Cl)cc1. The number of hydrogen-bond donors (Lipinski definition) is 1. The van der Waals surface area contributed by atoms with Crippen LogP contribution in [0.25, 0.3) is 0 Å². The van der Waals surface area contributed by atoms with E-state index in [0.717, 1.165) is 16.9 Å². The van der Waals surface area contributed by atoms with Gasteiger partial charge >= 0.3 is 5.97 Å². The van der Waals surface area contributed by atoms with Crippen LogP contribution in [-0.2, 0) is 14.3 Å². The number of anilines is 1. The lowest BCUT2D eigenvalue weighted by atomic mass is 9.95. The normalized spacial score (nSPS) is 16.8. The van der Waals surface area contributed by atoms with Gasteiger partial charge in [-0.2, -0.15) is 0 Å². The summed E-state index contributed by atoms with van der Waals surface area (Å²) in [6.07, 6.45) is 0. The third-order valence-electron chi connectivity index (χ3n) is 4.44. The van der Waals surface area contributed by atoms with E-state index in [0.29, 0.717) is 22.3 Å². The van der Waals surface area contributed by atoms with E-state index in [1.54, 1.807) is 19.2 Å². The molecule has 2 aromatic rings. The molecule has 1 atom stereocenters. The number of allylic oxidation sites excluding steroid dienone is 1. The Morgan fingerprint density at radius 3 is 2.46 bits per heavy atom. The Kier molecular flexibility index (Phi) is 6.67. The molecule has 5 nitrogen and oxygen atoms in total. The molecular formula is C21H21ClN2O3S. The molecule has 0 saturated heterocycles. The average molecular weight is 417 g/mol. The van der Waals surface area contributed by atoms with Crippen molar-refractivity contribution >= 4 is 40.6 Å². The first kappa shape index (κ1) is 20.3. The number of esters is 1. The van der Waals surface area contributed by atoms with Crippen LogP contribution in [0.2, 0.25) is 5.02 Å². The van der Waals surface area contributed by atoms with Gasteiger partial charge in [-0.1, -0.05) is 41.9 Å². The van der Waals surface area contributed by atoms with Gasteiger partial charge in [0.15, 0.2) is 5.11 Å². The lowest BCUT2D eigenvalue weighted by Gasteiger charge is -2.37. The van der Waals surface area contributed by atoms with E-state index in [-0.39, 0.29) is 6.61 Å². The van der Waals surface area contributed by atoms with Crippen LogP contribution >= 0.6 is 23.8 Å². The van der Waals surface area contributed by atoms with Crippen LogP contribution in [0.5, 0.6) is 0 Å². The smallest absolute Gasteiger partial charge is 0.338 e. The Labute approximate surface area is 174 Å². The fraction of sp³-hybridized carbons (Fsp3) is 0.238. The summed E-state index contributed by atoms with van der Waals surface area (Å²) >= 11 is 11.6. The maximum atomic E-state index is 12.9. The van der Waals surface area contributed by atoms with E-state index in [4.69, 9.17) is 33.3 Å². The van der Waals surface area contributed by atoms with E-state index in [1.807, 2.05) is 54.3 Å². The standard InChI is InChI=1S/C21H21ClN2O3S/c1-14-18(20(25)27-13-12-26-2)19(15-8-10-16(22)11-9-15)23-21(28)24(14)17-6-4-3-5-7-17/h3-11,19H,12-13H2,1-2H3,(H,23,28)/t19-/m1/s1. The predicted octanol–water partition coefficient (Wildman–Crippen LogP) is 4.24. The molecule has 1 heterocycles. The van der Waals surface area contributed by atoms with Crippen molar-refractivity contribution in [2.75, 3.05) is 25.2 Å². The van der Waals surface area contributed by atoms with E-state index in [9.17, 15) is 4.79 Å². The van der Waals surface area contributed by atoms with E-state index in [2.05, 4.69) is 5.32 Å². The molecule has 28 heavy (non-hydrogen) atoms. The van der Waals surface area contributed by atoms with Crippen molar-refractivity contribution in [1.29, 1.82) is 0 Å². The summed E-state index contributed by atoms with van der Waals surface area (Å²) in [5, 5.41) is 4.41. The number of methoxy groups -OCH3 is 1. The third-order valence-corrected chi connectivity index (χ3v) is 5.00. The second-order valence-electron chi connectivity index (χ2n) is 6.23. The molecule has 0 spiro atoms. The zero-order valence-electron chi connectivity index (χ0n) is 15.6. The van der Waals surface area contributed by atoms with E-state index < -0.39 is 12.0 Å². The van der Waals surface area contributed by atoms with Crippen LogP contribution in [0, 0.1) is 0 Å². The van der Waals surface area contributed by atoms with Gasteiger partial charge in [0.05, 0.1) is 18.2 Å². The van der Waals surface area contributed by atoms with Gasteiger partial charge in [0.25, 0.3) is 0 Å². The summed E-state index contributed by atoms with van der Waals surface area (Å²) in [7, 11) is 1.56. The van der Waals surface area contributed by atoms with Crippen molar-refractivity contribution in [3.05, 3.63) is 76.5 Å². The van der Waals surface area contributed by atoms with Crippen LogP contribution in [0.1, 0.15) is 18.5 Å². The highest BCUT2D eigenvalue weighted by atomic mass is 35.5. The summed E-state index contributed by atoms with van der Waals surface area (Å²) in [5.41, 5.74) is 2.96. The van der Waals surface area contributed by atoms with Crippen LogP contribution in [0.3, 0.4) is 0 Å². The number of hydrogen-bond acceptors (Lipinski definition) is 4. The number of thiocarbonyl (C=S) groups is 1. The molecule has 146 valence electrons. The summed E-state index contributed by atoms with van der Waals surface area (Å²) in [6.45, 7) is 2.38. The molecule has 3 rings (SSSR count). The Morgan fingerprint density at radius 2 is 1.82 bits per heavy atom. The number of carbonyl (C=O) groups excluding carboxylic acids is 1. The molecular weight excluding hydrogens is 396 g/mol. The molecule has 0 aromatic heterocycles. The number of halogens is 1. The summed E-state index contributed by atoms with van der Waals surface area (Å²) in [6, 6.07) is 16.5. The molecule has 7 heteroatoms. The lowest BCUT2D eigenvalue weighted by Crippen LogP contribution is -2.48. The number of nitrogens with one attached hydrogen (secondary N) is 1. The lowest BCUT2D eigenvalue weighted by molar-refractivity contribution is -0.140. The van der Waals surface area contributed by atoms with Crippen LogP contribution in [0.4, 0.5) is 5.69 Å². The topological polar surface area (TPSA) is 50.8 Å². The molecule has 0 amide bonds. The summed E-state index contributed by atoms with van der Waals surface area (Å²) in [5.74, 6) is -0.412.